The van der Waals surface area contributed by atoms with E-state index in [1.807, 2.05) is 13.0 Å². The van der Waals surface area contributed by atoms with Gasteiger partial charge in [0.05, 0.1) is 49.0 Å². The summed E-state index contributed by atoms with van der Waals surface area (Å²) in [5.74, 6) is -1.96. The number of carbonyl (C=O) groups is 1. The SMILES string of the molecule is COC(=O)N1CCO[C@@H](Cc2c(-c3c(F)cc(NS(=O)(=O)N(C)C)cc3F)nc3cc(C)ccn23)C1. The molecule has 1 aliphatic heterocycles. The molecule has 0 saturated carbocycles. The molecule has 0 bridgehead atoms. The largest absolute Gasteiger partial charge is 0.453 e. The number of anilines is 1. The molecular formula is C23H27F2N5O5S. The van der Waals surface area contributed by atoms with E-state index >= 15 is 8.78 Å². The number of nitrogens with zero attached hydrogens (tertiary/aromatic N) is 4. The second-order valence-electron chi connectivity index (χ2n) is 8.66. The van der Waals surface area contributed by atoms with Crippen LogP contribution in [0.1, 0.15) is 11.3 Å². The third kappa shape index (κ3) is 5.13. The van der Waals surface area contributed by atoms with E-state index < -0.39 is 34.0 Å². The van der Waals surface area contributed by atoms with Gasteiger partial charge >= 0.3 is 16.3 Å². The number of hydrogen-bond donors (Lipinski definition) is 1. The number of aryl methyl sites for hydroxylation is 1. The highest BCUT2D eigenvalue weighted by molar-refractivity contribution is 7.90. The minimum atomic E-state index is -3.96. The van der Waals surface area contributed by atoms with Gasteiger partial charge in [0.15, 0.2) is 0 Å². The summed E-state index contributed by atoms with van der Waals surface area (Å²) in [7, 11) is -0.0716. The Morgan fingerprint density at radius 1 is 1.28 bits per heavy atom. The van der Waals surface area contributed by atoms with Crippen LogP contribution in [0.15, 0.2) is 30.5 Å². The number of amides is 1. The number of morpholine rings is 1. The molecule has 2 aromatic heterocycles. The first-order valence-electron chi connectivity index (χ1n) is 11.1. The van der Waals surface area contributed by atoms with Crippen molar-refractivity contribution in [3.8, 4) is 11.3 Å². The predicted molar refractivity (Wildman–Crippen MR) is 129 cm³/mol. The summed E-state index contributed by atoms with van der Waals surface area (Å²) in [6.45, 7) is 2.77. The molecule has 0 radical (unpaired) electrons. The number of hydrogen-bond acceptors (Lipinski definition) is 6. The number of halogens is 2. The Morgan fingerprint density at radius 2 is 1.97 bits per heavy atom. The number of ether oxygens (including phenoxy) is 2. The normalized spacial score (nSPS) is 16.5. The first-order chi connectivity index (χ1) is 17.0. The second-order valence-corrected chi connectivity index (χ2v) is 10.5. The third-order valence-electron chi connectivity index (χ3n) is 5.88. The molecule has 0 aliphatic carbocycles. The molecule has 1 fully saturated rings. The molecule has 1 atom stereocenters. The molecule has 10 nitrogen and oxygen atoms in total. The van der Waals surface area contributed by atoms with E-state index in [0.29, 0.717) is 17.9 Å². The van der Waals surface area contributed by atoms with Crippen molar-refractivity contribution in [2.24, 2.45) is 0 Å². The smallest absolute Gasteiger partial charge is 0.409 e. The van der Waals surface area contributed by atoms with Crippen molar-refractivity contribution >= 4 is 27.6 Å². The number of nitrogens with one attached hydrogen (secondary N) is 1. The van der Waals surface area contributed by atoms with E-state index in [1.54, 1.807) is 16.7 Å². The van der Waals surface area contributed by atoms with Crippen molar-refractivity contribution in [1.82, 2.24) is 18.6 Å². The molecular weight excluding hydrogens is 496 g/mol. The van der Waals surface area contributed by atoms with Crippen molar-refractivity contribution < 1.29 is 31.5 Å². The van der Waals surface area contributed by atoms with Crippen LogP contribution in [0.4, 0.5) is 19.3 Å². The zero-order chi connectivity index (χ0) is 26.2. The molecule has 1 aliphatic rings. The van der Waals surface area contributed by atoms with Crippen LogP contribution < -0.4 is 4.72 Å². The molecule has 0 spiro atoms. The first-order valence-corrected chi connectivity index (χ1v) is 12.6. The number of benzene rings is 1. The summed E-state index contributed by atoms with van der Waals surface area (Å²) in [4.78, 5) is 18.0. The van der Waals surface area contributed by atoms with Crippen LogP contribution in [0.2, 0.25) is 0 Å². The Kier molecular flexibility index (Phi) is 7.16. The van der Waals surface area contributed by atoms with Crippen molar-refractivity contribution in [2.75, 3.05) is 45.6 Å². The maximum atomic E-state index is 15.3. The van der Waals surface area contributed by atoms with Crippen molar-refractivity contribution in [3.05, 3.63) is 53.4 Å². The Hall–Kier alpha value is -3.29. The van der Waals surface area contributed by atoms with E-state index in [0.717, 1.165) is 22.0 Å². The standard InChI is InChI=1S/C23H27F2N5O5S/c1-14-5-6-30-19(12-16-13-29(7-8-35-16)23(31)34-4)22(26-20(30)9-14)21-17(24)10-15(11-18(21)25)27-36(32,33)28(2)3/h5-6,9-11,16,27H,7-8,12-13H2,1-4H3/t16-/m0/s1. The maximum absolute atomic E-state index is 15.3. The van der Waals surface area contributed by atoms with Gasteiger partial charge in [-0.25, -0.2) is 18.6 Å². The molecule has 0 unspecified atom stereocenters. The molecule has 3 heterocycles. The summed E-state index contributed by atoms with van der Waals surface area (Å²) in [5.41, 5.74) is 1.30. The average molecular weight is 524 g/mol. The molecule has 1 N–H and O–H groups in total. The fraction of sp³-hybridized carbons (Fsp3) is 0.391. The van der Waals surface area contributed by atoms with E-state index in [9.17, 15) is 13.2 Å². The van der Waals surface area contributed by atoms with E-state index in [1.165, 1.54) is 26.1 Å². The van der Waals surface area contributed by atoms with Gasteiger partial charge in [0, 0.05) is 33.3 Å². The minimum absolute atomic E-state index is 0.0661. The predicted octanol–water partition coefficient (Wildman–Crippen LogP) is 2.82. The molecule has 194 valence electrons. The third-order valence-corrected chi connectivity index (χ3v) is 7.33. The minimum Gasteiger partial charge on any atom is -0.453 e. The van der Waals surface area contributed by atoms with Gasteiger partial charge in [0.1, 0.15) is 17.3 Å². The van der Waals surface area contributed by atoms with Crippen LogP contribution in [-0.2, 0) is 26.1 Å². The highest BCUT2D eigenvalue weighted by Gasteiger charge is 2.29. The lowest BCUT2D eigenvalue weighted by Crippen LogP contribution is -2.46. The molecule has 3 aromatic rings. The summed E-state index contributed by atoms with van der Waals surface area (Å²) in [6, 6.07) is 5.45. The van der Waals surface area contributed by atoms with Crippen LogP contribution >= 0.6 is 0 Å². The van der Waals surface area contributed by atoms with Gasteiger partial charge in [-0.05, 0) is 36.8 Å². The fourth-order valence-corrected chi connectivity index (χ4v) is 4.64. The van der Waals surface area contributed by atoms with Crippen LogP contribution in [0.25, 0.3) is 16.9 Å². The summed E-state index contributed by atoms with van der Waals surface area (Å²) >= 11 is 0. The number of imidazole rings is 1. The zero-order valence-electron chi connectivity index (χ0n) is 20.3. The molecule has 1 amide bonds. The Morgan fingerprint density at radius 3 is 2.61 bits per heavy atom. The monoisotopic (exact) mass is 523 g/mol. The number of methoxy groups -OCH3 is 1. The Labute approximate surface area is 207 Å². The van der Waals surface area contributed by atoms with Gasteiger partial charge < -0.3 is 18.8 Å². The van der Waals surface area contributed by atoms with Crippen LogP contribution in [0.3, 0.4) is 0 Å². The van der Waals surface area contributed by atoms with E-state index in [4.69, 9.17) is 9.47 Å². The van der Waals surface area contributed by atoms with Crippen LogP contribution in [-0.4, -0.2) is 80.1 Å². The van der Waals surface area contributed by atoms with Gasteiger partial charge in [-0.15, -0.1) is 0 Å². The molecule has 13 heteroatoms. The Bertz CT molecular complexity index is 1390. The molecule has 4 rings (SSSR count). The average Bonchev–Trinajstić information content (AvgIpc) is 3.14. The highest BCUT2D eigenvalue weighted by Crippen LogP contribution is 2.33. The van der Waals surface area contributed by atoms with Crippen molar-refractivity contribution in [1.29, 1.82) is 0 Å². The van der Waals surface area contributed by atoms with Crippen LogP contribution in [0, 0.1) is 18.6 Å². The van der Waals surface area contributed by atoms with Gasteiger partial charge in [-0.3, -0.25) is 4.72 Å². The summed E-state index contributed by atoms with van der Waals surface area (Å²) in [6.07, 6.45) is 1.02. The number of rotatable bonds is 6. The lowest BCUT2D eigenvalue weighted by molar-refractivity contribution is -0.0241. The molecule has 36 heavy (non-hydrogen) atoms. The Balaban J connectivity index is 1.76. The quantitative estimate of drug-likeness (QED) is 0.533. The lowest BCUT2D eigenvalue weighted by Gasteiger charge is -2.32. The summed E-state index contributed by atoms with van der Waals surface area (Å²) in [5, 5.41) is 0. The highest BCUT2D eigenvalue weighted by atomic mass is 32.2. The van der Waals surface area contributed by atoms with Gasteiger partial charge in [0.2, 0.25) is 0 Å². The molecule has 1 saturated heterocycles. The van der Waals surface area contributed by atoms with Crippen molar-refractivity contribution in [3.63, 3.8) is 0 Å². The molecule has 1 aromatic carbocycles. The maximum Gasteiger partial charge on any atom is 0.409 e. The van der Waals surface area contributed by atoms with Crippen LogP contribution in [0.5, 0.6) is 0 Å². The number of aromatic nitrogens is 2. The van der Waals surface area contributed by atoms with E-state index in [2.05, 4.69) is 9.71 Å². The van der Waals surface area contributed by atoms with Gasteiger partial charge in [-0.2, -0.15) is 12.7 Å². The lowest BCUT2D eigenvalue weighted by atomic mass is 10.0. The number of fused-ring (bicyclic) bond motifs is 1. The number of pyridine rings is 1. The van der Waals surface area contributed by atoms with Gasteiger partial charge in [0.25, 0.3) is 0 Å². The zero-order valence-corrected chi connectivity index (χ0v) is 21.1. The number of carbonyl (C=O) groups excluding carboxylic acids is 1. The topological polar surface area (TPSA) is 105 Å². The fourth-order valence-electron chi connectivity index (χ4n) is 4.04. The second kappa shape index (κ2) is 9.99. The first kappa shape index (κ1) is 25.8. The van der Waals surface area contributed by atoms with Crippen molar-refractivity contribution in [2.45, 2.75) is 19.4 Å². The van der Waals surface area contributed by atoms with Gasteiger partial charge in [-0.1, -0.05) is 0 Å². The summed E-state index contributed by atoms with van der Waals surface area (Å²) < 4.78 is 70.2. The van der Waals surface area contributed by atoms with E-state index in [-0.39, 0.29) is 36.5 Å².